The van der Waals surface area contributed by atoms with Crippen molar-refractivity contribution in [1.29, 1.82) is 0 Å². The Hall–Kier alpha value is -4.02. The molecule has 0 atom stereocenters. The van der Waals surface area contributed by atoms with Gasteiger partial charge in [0.1, 0.15) is 23.2 Å². The molecule has 9 nitrogen and oxygen atoms in total. The number of nitrogens with zero attached hydrogens (tertiary/aromatic N) is 3. The molecule has 0 fully saturated rings. The molecular weight excluding hydrogens is 448 g/mol. The zero-order chi connectivity index (χ0) is 24.2. The first-order valence-electron chi connectivity index (χ1n) is 10.9. The third-order valence-electron chi connectivity index (χ3n) is 5.49. The molecule has 34 heavy (non-hydrogen) atoms. The summed E-state index contributed by atoms with van der Waals surface area (Å²) in [4.78, 5) is 36.9. The van der Waals surface area contributed by atoms with Gasteiger partial charge in [0.2, 0.25) is 0 Å². The van der Waals surface area contributed by atoms with E-state index in [1.807, 2.05) is 0 Å². The minimum absolute atomic E-state index is 0.00979. The molecule has 1 aromatic heterocycles. The molecule has 11 heteroatoms. The number of aromatic hydroxyl groups is 1. The Labute approximate surface area is 193 Å². The van der Waals surface area contributed by atoms with E-state index in [1.54, 1.807) is 4.57 Å². The van der Waals surface area contributed by atoms with E-state index >= 15 is 0 Å². The molecule has 3 aromatic rings. The van der Waals surface area contributed by atoms with Gasteiger partial charge in [0, 0.05) is 49.4 Å². The molecule has 0 saturated carbocycles. The lowest BCUT2D eigenvalue weighted by Gasteiger charge is -2.10. The van der Waals surface area contributed by atoms with Crippen LogP contribution >= 0.6 is 0 Å². The molecule has 4 rings (SSSR count). The maximum atomic E-state index is 13.3. The number of hydrogen-bond acceptors (Lipinski definition) is 5. The molecule has 2 heterocycles. The number of amides is 2. The van der Waals surface area contributed by atoms with Gasteiger partial charge in [-0.1, -0.05) is 0 Å². The van der Waals surface area contributed by atoms with Crippen LogP contribution in [0.15, 0.2) is 41.2 Å². The van der Waals surface area contributed by atoms with Crippen LogP contribution in [0.25, 0.3) is 0 Å². The summed E-state index contributed by atoms with van der Waals surface area (Å²) in [5.74, 6) is -2.67. The van der Waals surface area contributed by atoms with Crippen LogP contribution in [-0.2, 0) is 19.5 Å². The standard InChI is InChI=1S/C23H23F2N5O4/c24-15-10-14(11-16(25)12-15)21(32)27-17-5-6-18(19(31)13-17)22(33)26-7-3-9-30-23(34)29-8-2-1-4-20(29)28-30/h5-6,10-13,31H,1-4,7-9H2,(H,26,33)(H,27,32). The molecule has 0 saturated heterocycles. The molecule has 2 amide bonds. The summed E-state index contributed by atoms with van der Waals surface area (Å²) >= 11 is 0. The van der Waals surface area contributed by atoms with Gasteiger partial charge in [-0.15, -0.1) is 0 Å². The van der Waals surface area contributed by atoms with Crippen molar-refractivity contribution < 1.29 is 23.5 Å². The van der Waals surface area contributed by atoms with Crippen molar-refractivity contribution in [2.45, 2.75) is 38.8 Å². The maximum Gasteiger partial charge on any atom is 0.345 e. The monoisotopic (exact) mass is 471 g/mol. The number of nitrogens with one attached hydrogen (secondary N) is 2. The first-order chi connectivity index (χ1) is 16.3. The second kappa shape index (κ2) is 9.86. The molecule has 0 bridgehead atoms. The lowest BCUT2D eigenvalue weighted by molar-refractivity contribution is 0.0949. The number of halogens is 2. The first kappa shape index (κ1) is 23.1. The molecule has 0 radical (unpaired) electrons. The van der Waals surface area contributed by atoms with Crippen molar-refractivity contribution in [3.63, 3.8) is 0 Å². The summed E-state index contributed by atoms with van der Waals surface area (Å²) in [5, 5.41) is 19.6. The second-order valence-electron chi connectivity index (χ2n) is 7.98. The van der Waals surface area contributed by atoms with Crippen LogP contribution in [0.4, 0.5) is 14.5 Å². The number of fused-ring (bicyclic) bond motifs is 1. The van der Waals surface area contributed by atoms with Crippen LogP contribution in [0.1, 0.15) is 45.8 Å². The van der Waals surface area contributed by atoms with Crippen LogP contribution in [0.5, 0.6) is 5.75 Å². The third-order valence-corrected chi connectivity index (χ3v) is 5.49. The van der Waals surface area contributed by atoms with E-state index in [9.17, 15) is 28.3 Å². The van der Waals surface area contributed by atoms with Crippen LogP contribution in [-0.4, -0.2) is 37.8 Å². The van der Waals surface area contributed by atoms with E-state index < -0.39 is 23.4 Å². The predicted octanol–water partition coefficient (Wildman–Crippen LogP) is 2.44. The number of carbonyl (C=O) groups excluding carboxylic acids is 2. The smallest absolute Gasteiger partial charge is 0.345 e. The molecule has 0 aliphatic carbocycles. The van der Waals surface area contributed by atoms with Crippen LogP contribution in [0.2, 0.25) is 0 Å². The van der Waals surface area contributed by atoms with Gasteiger partial charge in [0.15, 0.2) is 0 Å². The number of hydrogen-bond donors (Lipinski definition) is 3. The highest BCUT2D eigenvalue weighted by atomic mass is 19.1. The number of phenols is 1. The summed E-state index contributed by atoms with van der Waals surface area (Å²) in [6.45, 7) is 1.30. The Balaban J connectivity index is 1.31. The minimum Gasteiger partial charge on any atom is -0.507 e. The summed E-state index contributed by atoms with van der Waals surface area (Å²) in [5.41, 5.74) is -0.231. The number of phenolic OH excluding ortho intramolecular Hbond substituents is 1. The van der Waals surface area contributed by atoms with E-state index in [0.717, 1.165) is 43.3 Å². The van der Waals surface area contributed by atoms with Crippen molar-refractivity contribution >= 4 is 17.5 Å². The lowest BCUT2D eigenvalue weighted by Crippen LogP contribution is -2.29. The van der Waals surface area contributed by atoms with Crippen molar-refractivity contribution in [3.8, 4) is 5.75 Å². The molecule has 2 aromatic carbocycles. The molecule has 178 valence electrons. The third kappa shape index (κ3) is 5.13. The fourth-order valence-corrected chi connectivity index (χ4v) is 3.81. The fraction of sp³-hybridized carbons (Fsp3) is 0.304. The van der Waals surface area contributed by atoms with E-state index in [-0.39, 0.29) is 34.8 Å². The molecule has 1 aliphatic rings. The highest BCUT2D eigenvalue weighted by Crippen LogP contribution is 2.23. The van der Waals surface area contributed by atoms with Crippen molar-refractivity contribution in [2.75, 3.05) is 11.9 Å². The van der Waals surface area contributed by atoms with E-state index in [2.05, 4.69) is 15.7 Å². The Kier molecular flexibility index (Phi) is 6.71. The number of rotatable bonds is 7. The summed E-state index contributed by atoms with van der Waals surface area (Å²) in [6.07, 6.45) is 3.24. The Morgan fingerprint density at radius 3 is 2.53 bits per heavy atom. The first-order valence-corrected chi connectivity index (χ1v) is 10.9. The zero-order valence-electron chi connectivity index (χ0n) is 18.2. The van der Waals surface area contributed by atoms with Crippen molar-refractivity contribution in [1.82, 2.24) is 19.7 Å². The number of aromatic nitrogens is 3. The molecular formula is C23H23F2N5O4. The quantitative estimate of drug-likeness (QED) is 0.458. The highest BCUT2D eigenvalue weighted by Gasteiger charge is 2.17. The van der Waals surface area contributed by atoms with Gasteiger partial charge < -0.3 is 15.7 Å². The summed E-state index contributed by atoms with van der Waals surface area (Å²) in [7, 11) is 0. The van der Waals surface area contributed by atoms with Gasteiger partial charge >= 0.3 is 5.69 Å². The van der Waals surface area contributed by atoms with Gasteiger partial charge in [0.25, 0.3) is 11.8 Å². The van der Waals surface area contributed by atoms with Crippen molar-refractivity contribution in [3.05, 3.63) is 75.5 Å². The highest BCUT2D eigenvalue weighted by molar-refractivity contribution is 6.05. The summed E-state index contributed by atoms with van der Waals surface area (Å²) < 4.78 is 29.7. The molecule has 1 aliphatic heterocycles. The predicted molar refractivity (Wildman–Crippen MR) is 119 cm³/mol. The van der Waals surface area contributed by atoms with Gasteiger partial charge in [0.05, 0.1) is 5.56 Å². The average molecular weight is 471 g/mol. The fourth-order valence-electron chi connectivity index (χ4n) is 3.81. The molecule has 0 unspecified atom stereocenters. The van der Waals surface area contributed by atoms with E-state index in [0.29, 0.717) is 25.6 Å². The van der Waals surface area contributed by atoms with Crippen LogP contribution in [0.3, 0.4) is 0 Å². The number of benzene rings is 2. The van der Waals surface area contributed by atoms with Crippen LogP contribution < -0.4 is 16.3 Å². The normalized spacial score (nSPS) is 12.8. The van der Waals surface area contributed by atoms with E-state index in [1.165, 1.54) is 16.8 Å². The Morgan fingerprint density at radius 2 is 1.82 bits per heavy atom. The van der Waals surface area contributed by atoms with Crippen LogP contribution in [0, 0.1) is 11.6 Å². The molecule has 0 spiro atoms. The minimum atomic E-state index is -0.891. The van der Waals surface area contributed by atoms with E-state index in [4.69, 9.17) is 0 Å². The number of anilines is 1. The van der Waals surface area contributed by atoms with Crippen molar-refractivity contribution in [2.24, 2.45) is 0 Å². The Bertz CT molecular complexity index is 1280. The number of carbonyl (C=O) groups is 2. The topological polar surface area (TPSA) is 118 Å². The largest absolute Gasteiger partial charge is 0.507 e. The lowest BCUT2D eigenvalue weighted by atomic mass is 10.1. The maximum absolute atomic E-state index is 13.3. The van der Waals surface area contributed by atoms with Gasteiger partial charge in [-0.3, -0.25) is 14.2 Å². The SMILES string of the molecule is O=C(Nc1ccc(C(=O)NCCCn2nc3n(c2=O)CCCC3)c(O)c1)c1cc(F)cc(F)c1. The Morgan fingerprint density at radius 1 is 1.06 bits per heavy atom. The molecule has 3 N–H and O–H groups in total. The second-order valence-corrected chi connectivity index (χ2v) is 7.98. The van der Waals surface area contributed by atoms with Gasteiger partial charge in [-0.2, -0.15) is 5.10 Å². The number of aryl methyl sites for hydroxylation is 2. The van der Waals surface area contributed by atoms with Gasteiger partial charge in [-0.25, -0.2) is 18.3 Å². The average Bonchev–Trinajstić information content (AvgIpc) is 3.11. The van der Waals surface area contributed by atoms with Gasteiger partial charge in [-0.05, 0) is 43.5 Å². The summed E-state index contributed by atoms with van der Waals surface area (Å²) in [6, 6.07) is 6.28. The zero-order valence-corrected chi connectivity index (χ0v) is 18.2.